The molecule has 1 atom stereocenters. The van der Waals surface area contributed by atoms with Gasteiger partial charge in [-0.2, -0.15) is 0 Å². The Balaban J connectivity index is 2.62. The van der Waals surface area contributed by atoms with Crippen LogP contribution in [0, 0.1) is 0 Å². The van der Waals surface area contributed by atoms with Gasteiger partial charge in [0, 0.05) is 28.3 Å². The first-order valence-electron chi connectivity index (χ1n) is 5.24. The molecule has 0 radical (unpaired) electrons. The highest BCUT2D eigenvalue weighted by Gasteiger charge is 2.27. The van der Waals surface area contributed by atoms with Crippen LogP contribution < -0.4 is 5.73 Å². The van der Waals surface area contributed by atoms with E-state index in [4.69, 9.17) is 10.5 Å². The molecule has 1 rings (SSSR count). The van der Waals surface area contributed by atoms with E-state index in [-0.39, 0.29) is 0 Å². The molecule has 3 nitrogen and oxygen atoms in total. The third-order valence-corrected chi connectivity index (χ3v) is 4.08. The number of thiophene rings is 1. The number of hydrogen-bond acceptors (Lipinski definition) is 4. The standard InChI is InChI=1S/C11H18BrNO2S/c1-15-8-11(14,3-2-4-13)6-10-5-9(12)7-16-10/h5,7,14H,2-4,6,8,13H2,1H3. The SMILES string of the molecule is COCC(O)(CCCN)Cc1cc(Br)cs1. The summed E-state index contributed by atoms with van der Waals surface area (Å²) in [5, 5.41) is 12.4. The zero-order chi connectivity index (χ0) is 12.0. The summed E-state index contributed by atoms with van der Waals surface area (Å²) in [7, 11) is 1.61. The Morgan fingerprint density at radius 3 is 2.88 bits per heavy atom. The fraction of sp³-hybridized carbons (Fsp3) is 0.636. The van der Waals surface area contributed by atoms with E-state index in [2.05, 4.69) is 15.9 Å². The molecule has 0 bridgehead atoms. The Morgan fingerprint density at radius 2 is 2.38 bits per heavy atom. The zero-order valence-corrected chi connectivity index (χ0v) is 11.8. The maximum atomic E-state index is 10.4. The Hall–Kier alpha value is 0.0600. The van der Waals surface area contributed by atoms with Gasteiger partial charge >= 0.3 is 0 Å². The van der Waals surface area contributed by atoms with Gasteiger partial charge in [-0.05, 0) is 41.4 Å². The maximum absolute atomic E-state index is 10.4. The smallest absolute Gasteiger partial charge is 0.0928 e. The predicted molar refractivity (Wildman–Crippen MR) is 70.8 cm³/mol. The lowest BCUT2D eigenvalue weighted by Gasteiger charge is -2.26. The van der Waals surface area contributed by atoms with Crippen molar-refractivity contribution in [3.8, 4) is 0 Å². The average molecular weight is 308 g/mol. The predicted octanol–water partition coefficient (Wildman–Crippen LogP) is 2.17. The molecule has 0 spiro atoms. The van der Waals surface area contributed by atoms with Crippen LogP contribution in [0.25, 0.3) is 0 Å². The normalized spacial score (nSPS) is 15.0. The third-order valence-electron chi connectivity index (χ3n) is 2.38. The molecule has 0 aliphatic heterocycles. The summed E-state index contributed by atoms with van der Waals surface area (Å²) in [5.74, 6) is 0. The van der Waals surface area contributed by atoms with Crippen molar-refractivity contribution in [2.45, 2.75) is 24.9 Å². The van der Waals surface area contributed by atoms with Crippen molar-refractivity contribution in [3.05, 3.63) is 20.8 Å². The minimum Gasteiger partial charge on any atom is -0.387 e. The highest BCUT2D eigenvalue weighted by atomic mass is 79.9. The van der Waals surface area contributed by atoms with Crippen LogP contribution >= 0.6 is 27.3 Å². The second kappa shape index (κ2) is 6.71. The first-order chi connectivity index (χ1) is 7.59. The number of nitrogens with two attached hydrogens (primary N) is 1. The molecular formula is C11H18BrNO2S. The van der Waals surface area contributed by atoms with Gasteiger partial charge in [-0.25, -0.2) is 0 Å². The van der Waals surface area contributed by atoms with E-state index in [0.717, 1.165) is 15.8 Å². The lowest BCUT2D eigenvalue weighted by molar-refractivity contribution is -0.0370. The second-order valence-corrected chi connectivity index (χ2v) is 5.87. The van der Waals surface area contributed by atoms with Gasteiger partial charge < -0.3 is 15.6 Å². The summed E-state index contributed by atoms with van der Waals surface area (Å²) in [6, 6.07) is 2.04. The summed E-state index contributed by atoms with van der Waals surface area (Å²) in [6.07, 6.45) is 2.11. The first kappa shape index (κ1) is 14.1. The largest absolute Gasteiger partial charge is 0.387 e. The van der Waals surface area contributed by atoms with Gasteiger partial charge in [0.05, 0.1) is 12.2 Å². The number of halogens is 1. The van der Waals surface area contributed by atoms with Crippen molar-refractivity contribution >= 4 is 27.3 Å². The quantitative estimate of drug-likeness (QED) is 0.812. The van der Waals surface area contributed by atoms with E-state index >= 15 is 0 Å². The summed E-state index contributed by atoms with van der Waals surface area (Å²) in [4.78, 5) is 1.16. The van der Waals surface area contributed by atoms with E-state index in [9.17, 15) is 5.11 Å². The number of rotatable bonds is 7. The minimum absolute atomic E-state index is 0.350. The summed E-state index contributed by atoms with van der Waals surface area (Å²) < 4.78 is 6.15. The van der Waals surface area contributed by atoms with Crippen LogP contribution in [0.5, 0.6) is 0 Å². The van der Waals surface area contributed by atoms with Gasteiger partial charge in [0.1, 0.15) is 0 Å². The van der Waals surface area contributed by atoms with Gasteiger partial charge in [0.2, 0.25) is 0 Å². The average Bonchev–Trinajstić information content (AvgIpc) is 2.61. The van der Waals surface area contributed by atoms with Crippen LogP contribution in [0.2, 0.25) is 0 Å². The van der Waals surface area contributed by atoms with Gasteiger partial charge in [0.25, 0.3) is 0 Å². The molecular weight excluding hydrogens is 290 g/mol. The van der Waals surface area contributed by atoms with E-state index in [1.807, 2.05) is 11.4 Å². The summed E-state index contributed by atoms with van der Waals surface area (Å²) in [6.45, 7) is 0.947. The van der Waals surface area contributed by atoms with Crippen molar-refractivity contribution in [1.29, 1.82) is 0 Å². The van der Waals surface area contributed by atoms with E-state index in [0.29, 0.717) is 26.0 Å². The summed E-state index contributed by atoms with van der Waals surface area (Å²) >= 11 is 5.05. The lowest BCUT2D eigenvalue weighted by atomic mass is 9.94. The van der Waals surface area contributed by atoms with Crippen molar-refractivity contribution in [2.24, 2.45) is 5.73 Å². The topological polar surface area (TPSA) is 55.5 Å². The molecule has 16 heavy (non-hydrogen) atoms. The monoisotopic (exact) mass is 307 g/mol. The Morgan fingerprint density at radius 1 is 1.62 bits per heavy atom. The zero-order valence-electron chi connectivity index (χ0n) is 9.41. The third kappa shape index (κ3) is 4.51. The van der Waals surface area contributed by atoms with Crippen LogP contribution in [0.3, 0.4) is 0 Å². The Bertz CT molecular complexity index is 319. The van der Waals surface area contributed by atoms with Gasteiger partial charge in [-0.3, -0.25) is 0 Å². The Kier molecular flexibility index (Phi) is 5.92. The molecule has 0 saturated heterocycles. The molecule has 0 aliphatic rings. The fourth-order valence-corrected chi connectivity index (χ4v) is 3.27. The van der Waals surface area contributed by atoms with Crippen molar-refractivity contribution in [3.63, 3.8) is 0 Å². The number of methoxy groups -OCH3 is 1. The summed E-state index contributed by atoms with van der Waals surface area (Å²) in [5.41, 5.74) is 4.68. The van der Waals surface area contributed by atoms with Crippen LogP contribution in [0.4, 0.5) is 0 Å². The van der Waals surface area contributed by atoms with Crippen molar-refractivity contribution in [1.82, 2.24) is 0 Å². The van der Waals surface area contributed by atoms with Crippen LogP contribution in [-0.4, -0.2) is 31.0 Å². The number of hydrogen-bond donors (Lipinski definition) is 2. The van der Waals surface area contributed by atoms with E-state index in [1.165, 1.54) is 0 Å². The lowest BCUT2D eigenvalue weighted by Crippen LogP contribution is -2.37. The molecule has 1 unspecified atom stereocenters. The molecule has 0 fully saturated rings. The molecule has 1 heterocycles. The molecule has 0 amide bonds. The molecule has 92 valence electrons. The van der Waals surface area contributed by atoms with Gasteiger partial charge in [-0.1, -0.05) is 0 Å². The highest BCUT2D eigenvalue weighted by Crippen LogP contribution is 2.26. The van der Waals surface area contributed by atoms with Crippen LogP contribution in [0.1, 0.15) is 17.7 Å². The molecule has 1 aromatic heterocycles. The van der Waals surface area contributed by atoms with E-state index < -0.39 is 5.60 Å². The second-order valence-electron chi connectivity index (χ2n) is 3.96. The van der Waals surface area contributed by atoms with Crippen LogP contribution in [0.15, 0.2) is 15.9 Å². The molecule has 3 N–H and O–H groups in total. The fourth-order valence-electron chi connectivity index (χ4n) is 1.68. The van der Waals surface area contributed by atoms with E-state index in [1.54, 1.807) is 18.4 Å². The number of ether oxygens (including phenoxy) is 1. The molecule has 1 aromatic rings. The minimum atomic E-state index is -0.793. The maximum Gasteiger partial charge on any atom is 0.0928 e. The van der Waals surface area contributed by atoms with Gasteiger partial charge in [0.15, 0.2) is 0 Å². The highest BCUT2D eigenvalue weighted by molar-refractivity contribution is 9.10. The molecule has 0 aromatic carbocycles. The first-order valence-corrected chi connectivity index (χ1v) is 6.91. The van der Waals surface area contributed by atoms with Crippen molar-refractivity contribution < 1.29 is 9.84 Å². The van der Waals surface area contributed by atoms with Crippen LogP contribution in [-0.2, 0) is 11.2 Å². The molecule has 0 saturated carbocycles. The Labute approximate surface area is 109 Å². The molecule has 5 heteroatoms. The molecule has 0 aliphatic carbocycles. The van der Waals surface area contributed by atoms with Gasteiger partial charge in [-0.15, -0.1) is 11.3 Å². The number of aliphatic hydroxyl groups is 1. The van der Waals surface area contributed by atoms with Crippen molar-refractivity contribution in [2.75, 3.05) is 20.3 Å².